The quantitative estimate of drug-likeness (QED) is 0.840. The van der Waals surface area contributed by atoms with Gasteiger partial charge >= 0.3 is 19.0 Å². The van der Waals surface area contributed by atoms with E-state index in [1.54, 1.807) is 20.8 Å². The minimum Gasteiger partial charge on any atom is -0.478 e. The van der Waals surface area contributed by atoms with Gasteiger partial charge in [-0.05, 0) is 33.3 Å². The fourth-order valence-electron chi connectivity index (χ4n) is 1.69. The van der Waals surface area contributed by atoms with Crippen molar-refractivity contribution in [3.63, 3.8) is 0 Å². The van der Waals surface area contributed by atoms with Crippen LogP contribution < -0.4 is 10.8 Å². The van der Waals surface area contributed by atoms with Crippen molar-refractivity contribution in [3.05, 3.63) is 23.3 Å². The lowest BCUT2D eigenvalue weighted by atomic mass is 9.78. The van der Waals surface area contributed by atoms with Crippen LogP contribution in [0.25, 0.3) is 0 Å². The van der Waals surface area contributed by atoms with Gasteiger partial charge in [-0.25, -0.2) is 9.59 Å². The van der Waals surface area contributed by atoms with Gasteiger partial charge in [0, 0.05) is 5.69 Å². The van der Waals surface area contributed by atoms with Crippen molar-refractivity contribution < 1.29 is 32.4 Å². The second kappa shape index (κ2) is 5.90. The molecule has 0 saturated heterocycles. The molecule has 0 fully saturated rings. The number of carboxylic acids is 1. The Morgan fingerprint density at radius 2 is 1.77 bits per heavy atom. The Balaban J connectivity index is 3.26. The summed E-state index contributed by atoms with van der Waals surface area (Å²) in [4.78, 5) is 22.7. The maximum Gasteiger partial charge on any atom is 0.509 e. The summed E-state index contributed by atoms with van der Waals surface area (Å²) in [5, 5.41) is 11.2. The van der Waals surface area contributed by atoms with E-state index in [9.17, 15) is 22.5 Å². The van der Waals surface area contributed by atoms with Gasteiger partial charge in [0.2, 0.25) is 0 Å². The van der Waals surface area contributed by atoms with E-state index in [-0.39, 0.29) is 11.3 Å². The van der Waals surface area contributed by atoms with Crippen molar-refractivity contribution in [2.45, 2.75) is 33.3 Å². The highest BCUT2D eigenvalue weighted by molar-refractivity contribution is 6.73. The molecule has 1 aromatic carbocycles. The molecule has 5 nitrogen and oxygen atoms in total. The number of nitrogens with one attached hydrogen (secondary N) is 1. The smallest absolute Gasteiger partial charge is 0.478 e. The van der Waals surface area contributed by atoms with Gasteiger partial charge in [0.05, 0.1) is 5.56 Å². The van der Waals surface area contributed by atoms with Gasteiger partial charge in [0.25, 0.3) is 0 Å². The Labute approximate surface area is 125 Å². The van der Waals surface area contributed by atoms with Crippen molar-refractivity contribution >= 4 is 30.2 Å². The molecule has 0 unspecified atom stereocenters. The molecule has 0 radical (unpaired) electrons. The number of hydrogen-bond donors (Lipinski definition) is 2. The molecule has 0 aliphatic heterocycles. The van der Waals surface area contributed by atoms with Crippen LogP contribution in [0.2, 0.25) is 0 Å². The average Bonchev–Trinajstić information content (AvgIpc) is 2.27. The predicted molar refractivity (Wildman–Crippen MR) is 76.7 cm³/mol. The summed E-state index contributed by atoms with van der Waals surface area (Å²) < 4.78 is 43.6. The number of amides is 1. The first-order chi connectivity index (χ1) is 9.81. The second-order valence-corrected chi connectivity index (χ2v) is 5.75. The van der Waals surface area contributed by atoms with Crippen LogP contribution in [0.1, 0.15) is 36.7 Å². The van der Waals surface area contributed by atoms with Crippen LogP contribution in [0.15, 0.2) is 12.1 Å². The summed E-state index contributed by atoms with van der Waals surface area (Å²) in [7, 11) is 0. The number of anilines is 1. The molecule has 0 saturated carbocycles. The van der Waals surface area contributed by atoms with Gasteiger partial charge in [0.1, 0.15) is 5.60 Å². The van der Waals surface area contributed by atoms with Crippen LogP contribution in [0.5, 0.6) is 0 Å². The number of carboxylic acid groups (broad SMARTS) is 1. The first-order valence-corrected chi connectivity index (χ1v) is 6.39. The summed E-state index contributed by atoms with van der Waals surface area (Å²) in [6, 6.07) is 1.25. The molecule has 0 aliphatic carbocycles. The molecule has 0 aromatic heterocycles. The Bertz CT molecular complexity index is 609. The molecule has 122 valence electrons. The largest absolute Gasteiger partial charge is 0.509 e. The minimum absolute atomic E-state index is 0.0159. The average molecular weight is 318 g/mol. The van der Waals surface area contributed by atoms with E-state index in [0.717, 1.165) is 0 Å². The highest BCUT2D eigenvalue weighted by Gasteiger charge is 2.29. The maximum absolute atomic E-state index is 12.9. The van der Waals surface area contributed by atoms with Crippen molar-refractivity contribution in [2.24, 2.45) is 0 Å². The highest BCUT2D eigenvalue weighted by atomic mass is 19.4. The van der Waals surface area contributed by atoms with Crippen LogP contribution in [-0.4, -0.2) is 29.7 Å². The first kappa shape index (κ1) is 17.9. The zero-order valence-corrected chi connectivity index (χ0v) is 12.5. The summed E-state index contributed by atoms with van der Waals surface area (Å²) in [5.74, 6) is -1.51. The molecular formula is C13H16BF3NO4-. The second-order valence-electron chi connectivity index (χ2n) is 5.75. The van der Waals surface area contributed by atoms with Gasteiger partial charge < -0.3 is 22.8 Å². The standard InChI is InChI=1S/C13H16BF3NO4/c1-7-9(11(19)20)5-8(14(15,16)17)6-10(7)18-12(21)22-13(2,3)4/h5-6H,1-4H3,(H,18,21)(H,19,20)/q-1. The molecule has 0 atom stereocenters. The lowest BCUT2D eigenvalue weighted by Gasteiger charge is -2.22. The molecule has 0 aliphatic rings. The lowest BCUT2D eigenvalue weighted by molar-refractivity contribution is 0.0632. The van der Waals surface area contributed by atoms with Crippen molar-refractivity contribution in [3.8, 4) is 0 Å². The van der Waals surface area contributed by atoms with Crippen molar-refractivity contribution in [1.29, 1.82) is 0 Å². The monoisotopic (exact) mass is 318 g/mol. The maximum atomic E-state index is 12.9. The van der Waals surface area contributed by atoms with Crippen LogP contribution in [0, 0.1) is 6.92 Å². The Morgan fingerprint density at radius 1 is 1.23 bits per heavy atom. The molecule has 0 spiro atoms. The predicted octanol–water partition coefficient (Wildman–Crippen LogP) is 3.09. The van der Waals surface area contributed by atoms with Crippen LogP contribution in [0.3, 0.4) is 0 Å². The zero-order chi connectivity index (χ0) is 17.3. The number of carbonyl (C=O) groups excluding carboxylic acids is 1. The number of ether oxygens (including phenoxy) is 1. The fourth-order valence-corrected chi connectivity index (χ4v) is 1.69. The Hall–Kier alpha value is -2.19. The van der Waals surface area contributed by atoms with Gasteiger partial charge in [-0.15, -0.1) is 5.46 Å². The number of aromatic carboxylic acids is 1. The molecule has 2 N–H and O–H groups in total. The molecule has 0 heterocycles. The molecule has 0 bridgehead atoms. The summed E-state index contributed by atoms with van der Waals surface area (Å²) in [6.07, 6.45) is -0.959. The van der Waals surface area contributed by atoms with Crippen LogP contribution in [-0.2, 0) is 4.74 Å². The number of hydrogen-bond acceptors (Lipinski definition) is 3. The number of halogens is 3. The third kappa shape index (κ3) is 4.68. The summed E-state index contributed by atoms with van der Waals surface area (Å²) in [6.45, 7) is 0.691. The Kier molecular flexibility index (Phi) is 4.79. The Morgan fingerprint density at radius 3 is 2.18 bits per heavy atom. The minimum atomic E-state index is -5.40. The summed E-state index contributed by atoms with van der Waals surface area (Å²) in [5.41, 5.74) is -2.69. The van der Waals surface area contributed by atoms with E-state index in [1.807, 2.05) is 0 Å². The van der Waals surface area contributed by atoms with Crippen molar-refractivity contribution in [2.75, 3.05) is 5.32 Å². The molecule has 1 amide bonds. The molecule has 1 aromatic rings. The lowest BCUT2D eigenvalue weighted by Crippen LogP contribution is -2.36. The third-order valence-corrected chi connectivity index (χ3v) is 2.67. The zero-order valence-electron chi connectivity index (χ0n) is 12.5. The van der Waals surface area contributed by atoms with Gasteiger partial charge in [0.15, 0.2) is 0 Å². The highest BCUT2D eigenvalue weighted by Crippen LogP contribution is 2.22. The topological polar surface area (TPSA) is 75.6 Å². The van der Waals surface area contributed by atoms with E-state index in [1.165, 1.54) is 6.92 Å². The first-order valence-electron chi connectivity index (χ1n) is 6.39. The number of benzene rings is 1. The van der Waals surface area contributed by atoms with Crippen LogP contribution >= 0.6 is 0 Å². The van der Waals surface area contributed by atoms with Crippen LogP contribution in [0.4, 0.5) is 23.4 Å². The van der Waals surface area contributed by atoms with E-state index >= 15 is 0 Å². The van der Waals surface area contributed by atoms with E-state index in [4.69, 9.17) is 9.84 Å². The van der Waals surface area contributed by atoms with E-state index < -0.39 is 35.7 Å². The third-order valence-electron chi connectivity index (χ3n) is 2.67. The van der Waals surface area contributed by atoms with Gasteiger partial charge in [-0.2, -0.15) is 0 Å². The van der Waals surface area contributed by atoms with Gasteiger partial charge in [-0.3, -0.25) is 5.32 Å². The number of rotatable bonds is 3. The molecule has 22 heavy (non-hydrogen) atoms. The normalized spacial score (nSPS) is 12.0. The number of carbonyl (C=O) groups is 2. The van der Waals surface area contributed by atoms with E-state index in [2.05, 4.69) is 5.32 Å². The molecule has 9 heteroatoms. The summed E-state index contributed by atoms with van der Waals surface area (Å²) >= 11 is 0. The van der Waals surface area contributed by atoms with Gasteiger partial charge in [-0.1, -0.05) is 12.1 Å². The molecular weight excluding hydrogens is 302 g/mol. The molecule has 1 rings (SSSR count). The van der Waals surface area contributed by atoms with E-state index in [0.29, 0.717) is 12.1 Å². The SMILES string of the molecule is Cc1c(NC(=O)OC(C)(C)C)cc([B-](F)(F)F)cc1C(=O)O. The fraction of sp³-hybridized carbons (Fsp3) is 0.385. The van der Waals surface area contributed by atoms with Crippen molar-refractivity contribution in [1.82, 2.24) is 0 Å².